The van der Waals surface area contributed by atoms with Crippen LogP contribution in [0.4, 0.5) is 4.79 Å². The van der Waals surface area contributed by atoms with Crippen molar-refractivity contribution in [1.29, 1.82) is 0 Å². The van der Waals surface area contributed by atoms with Crippen molar-refractivity contribution < 1.29 is 14.6 Å². The van der Waals surface area contributed by atoms with E-state index in [2.05, 4.69) is 15.3 Å². The van der Waals surface area contributed by atoms with E-state index in [4.69, 9.17) is 9.84 Å². The number of hydrogen-bond donors (Lipinski definition) is 3. The van der Waals surface area contributed by atoms with Gasteiger partial charge in [-0.3, -0.25) is 0 Å². The Labute approximate surface area is 115 Å². The summed E-state index contributed by atoms with van der Waals surface area (Å²) in [5.41, 5.74) is 2.89. The molecule has 0 radical (unpaired) electrons. The first-order valence-corrected chi connectivity index (χ1v) is 6.47. The van der Waals surface area contributed by atoms with Crippen LogP contribution in [-0.2, 0) is 0 Å². The maximum absolute atomic E-state index is 10.7. The molecule has 1 aliphatic heterocycles. The van der Waals surface area contributed by atoms with Gasteiger partial charge >= 0.3 is 6.09 Å². The number of benzene rings is 1. The molecule has 3 rings (SSSR count). The van der Waals surface area contributed by atoms with Crippen molar-refractivity contribution in [3.05, 3.63) is 36.3 Å². The van der Waals surface area contributed by atoms with Crippen LogP contribution in [0.25, 0.3) is 11.3 Å². The van der Waals surface area contributed by atoms with E-state index in [1.165, 1.54) is 0 Å². The first-order valence-electron chi connectivity index (χ1n) is 6.47. The number of aromatic nitrogens is 2. The fourth-order valence-corrected chi connectivity index (χ4v) is 2.53. The number of carbonyl (C=O) groups is 1. The molecular formula is C14H15N3O3. The molecule has 20 heavy (non-hydrogen) atoms. The molecule has 6 heteroatoms. The van der Waals surface area contributed by atoms with E-state index in [1.54, 1.807) is 12.5 Å². The Morgan fingerprint density at radius 2 is 2.45 bits per heavy atom. The molecule has 0 saturated heterocycles. The summed E-state index contributed by atoms with van der Waals surface area (Å²) in [7, 11) is 0. The zero-order valence-corrected chi connectivity index (χ0v) is 10.8. The Morgan fingerprint density at radius 1 is 1.55 bits per heavy atom. The summed E-state index contributed by atoms with van der Waals surface area (Å²) in [6.07, 6.45) is 3.18. The van der Waals surface area contributed by atoms with E-state index in [9.17, 15) is 4.79 Å². The average molecular weight is 273 g/mol. The van der Waals surface area contributed by atoms with E-state index < -0.39 is 6.09 Å². The van der Waals surface area contributed by atoms with Crippen LogP contribution in [0.3, 0.4) is 0 Å². The van der Waals surface area contributed by atoms with Crippen LogP contribution in [0.1, 0.15) is 17.9 Å². The van der Waals surface area contributed by atoms with Crippen molar-refractivity contribution in [2.45, 2.75) is 12.3 Å². The smallest absolute Gasteiger partial charge is 0.404 e. The number of H-pyrrole nitrogens is 1. The van der Waals surface area contributed by atoms with Crippen molar-refractivity contribution in [2.75, 3.05) is 13.2 Å². The standard InChI is InChI=1S/C14H15N3O3/c18-14(19)16-6-9-4-5-20-13-10(9)2-1-3-11(13)12-7-15-8-17-12/h1-3,7-9,16H,4-6H2,(H,15,17)(H,18,19)/t9-/m0/s1. The molecule has 6 nitrogen and oxygen atoms in total. The number of rotatable bonds is 3. The highest BCUT2D eigenvalue weighted by Gasteiger charge is 2.24. The Balaban J connectivity index is 1.94. The lowest BCUT2D eigenvalue weighted by atomic mass is 9.90. The highest BCUT2D eigenvalue weighted by Crippen LogP contribution is 2.40. The number of imidazole rings is 1. The summed E-state index contributed by atoms with van der Waals surface area (Å²) in [5.74, 6) is 0.956. The summed E-state index contributed by atoms with van der Waals surface area (Å²) in [6, 6.07) is 5.92. The Kier molecular flexibility index (Phi) is 3.28. The highest BCUT2D eigenvalue weighted by molar-refractivity contribution is 5.70. The average Bonchev–Trinajstić information content (AvgIpc) is 2.98. The third-order valence-corrected chi connectivity index (χ3v) is 3.49. The largest absolute Gasteiger partial charge is 0.493 e. The van der Waals surface area contributed by atoms with Crippen molar-refractivity contribution in [2.24, 2.45) is 0 Å². The van der Waals surface area contributed by atoms with Crippen molar-refractivity contribution in [1.82, 2.24) is 15.3 Å². The van der Waals surface area contributed by atoms with Gasteiger partial charge < -0.3 is 20.1 Å². The predicted molar refractivity (Wildman–Crippen MR) is 72.9 cm³/mol. The normalized spacial score (nSPS) is 17.1. The minimum absolute atomic E-state index is 0.137. The van der Waals surface area contributed by atoms with Crippen molar-refractivity contribution in [3.8, 4) is 17.0 Å². The quantitative estimate of drug-likeness (QED) is 0.800. The molecule has 1 atom stereocenters. The van der Waals surface area contributed by atoms with Crippen LogP contribution >= 0.6 is 0 Å². The number of carboxylic acid groups (broad SMARTS) is 1. The van der Waals surface area contributed by atoms with Gasteiger partial charge in [0.15, 0.2) is 0 Å². The molecule has 0 unspecified atom stereocenters. The number of fused-ring (bicyclic) bond motifs is 1. The second-order valence-corrected chi connectivity index (χ2v) is 4.71. The SMILES string of the molecule is O=C(O)NC[C@@H]1CCOc2c(-c3cnc[nH]3)cccc21. The van der Waals surface area contributed by atoms with Crippen LogP contribution in [0.5, 0.6) is 5.75 Å². The van der Waals surface area contributed by atoms with E-state index >= 15 is 0 Å². The van der Waals surface area contributed by atoms with E-state index in [1.807, 2.05) is 18.2 Å². The van der Waals surface area contributed by atoms with Gasteiger partial charge in [0.2, 0.25) is 0 Å². The van der Waals surface area contributed by atoms with Gasteiger partial charge in [0.1, 0.15) is 5.75 Å². The highest BCUT2D eigenvalue weighted by atomic mass is 16.5. The molecule has 2 aromatic rings. The summed E-state index contributed by atoms with van der Waals surface area (Å²) < 4.78 is 5.79. The minimum Gasteiger partial charge on any atom is -0.493 e. The van der Waals surface area contributed by atoms with Gasteiger partial charge in [-0.05, 0) is 18.1 Å². The first-order chi connectivity index (χ1) is 9.75. The number of ether oxygens (including phenoxy) is 1. The number of amides is 1. The molecule has 104 valence electrons. The van der Waals surface area contributed by atoms with Crippen molar-refractivity contribution >= 4 is 6.09 Å². The number of nitrogens with one attached hydrogen (secondary N) is 2. The summed E-state index contributed by atoms with van der Waals surface area (Å²) in [5, 5.41) is 11.2. The third-order valence-electron chi connectivity index (χ3n) is 3.49. The molecule has 1 aromatic heterocycles. The monoisotopic (exact) mass is 273 g/mol. The molecule has 1 amide bonds. The topological polar surface area (TPSA) is 87.2 Å². The van der Waals surface area contributed by atoms with Gasteiger partial charge in [0, 0.05) is 18.0 Å². The van der Waals surface area contributed by atoms with Crippen LogP contribution in [0, 0.1) is 0 Å². The molecule has 0 bridgehead atoms. The molecule has 0 spiro atoms. The molecular weight excluding hydrogens is 258 g/mol. The van der Waals surface area contributed by atoms with E-state index in [0.717, 1.165) is 29.0 Å². The Hall–Kier alpha value is -2.50. The number of hydrogen-bond acceptors (Lipinski definition) is 3. The lowest BCUT2D eigenvalue weighted by molar-refractivity contribution is 0.191. The van der Waals surface area contributed by atoms with Crippen LogP contribution in [-0.4, -0.2) is 34.3 Å². The zero-order valence-electron chi connectivity index (χ0n) is 10.8. The summed E-state index contributed by atoms with van der Waals surface area (Å²) >= 11 is 0. The van der Waals surface area contributed by atoms with Gasteiger partial charge in [-0.1, -0.05) is 12.1 Å². The number of para-hydroxylation sites is 1. The number of nitrogens with zero attached hydrogens (tertiary/aromatic N) is 1. The van der Waals surface area contributed by atoms with Gasteiger partial charge in [-0.2, -0.15) is 0 Å². The van der Waals surface area contributed by atoms with Gasteiger partial charge in [-0.25, -0.2) is 9.78 Å². The third kappa shape index (κ3) is 2.32. The molecule has 3 N–H and O–H groups in total. The molecule has 1 aliphatic rings. The van der Waals surface area contributed by atoms with Crippen LogP contribution in [0.15, 0.2) is 30.7 Å². The molecule has 0 fully saturated rings. The first kappa shape index (κ1) is 12.5. The van der Waals surface area contributed by atoms with E-state index in [0.29, 0.717) is 13.2 Å². The lowest BCUT2D eigenvalue weighted by Gasteiger charge is -2.27. The summed E-state index contributed by atoms with van der Waals surface area (Å²) in [4.78, 5) is 17.7. The van der Waals surface area contributed by atoms with Gasteiger partial charge in [-0.15, -0.1) is 0 Å². The Bertz CT molecular complexity index is 610. The summed E-state index contributed by atoms with van der Waals surface area (Å²) in [6.45, 7) is 0.988. The van der Waals surface area contributed by atoms with E-state index in [-0.39, 0.29) is 5.92 Å². The second-order valence-electron chi connectivity index (χ2n) is 4.71. The molecule has 1 aromatic carbocycles. The molecule has 2 heterocycles. The maximum Gasteiger partial charge on any atom is 0.404 e. The maximum atomic E-state index is 10.7. The fourth-order valence-electron chi connectivity index (χ4n) is 2.53. The van der Waals surface area contributed by atoms with Crippen molar-refractivity contribution in [3.63, 3.8) is 0 Å². The minimum atomic E-state index is -0.997. The molecule has 0 saturated carbocycles. The predicted octanol–water partition coefficient (Wildman–Crippen LogP) is 2.21. The van der Waals surface area contributed by atoms with Crippen LogP contribution in [0.2, 0.25) is 0 Å². The second kappa shape index (κ2) is 5.24. The van der Waals surface area contributed by atoms with Gasteiger partial charge in [0.05, 0.1) is 24.8 Å². The zero-order chi connectivity index (χ0) is 13.9. The molecule has 0 aliphatic carbocycles. The lowest BCUT2D eigenvalue weighted by Crippen LogP contribution is -2.29. The Morgan fingerprint density at radius 3 is 3.20 bits per heavy atom. The number of aromatic amines is 1. The van der Waals surface area contributed by atoms with Crippen LogP contribution < -0.4 is 10.1 Å². The fraction of sp³-hybridized carbons (Fsp3) is 0.286. The van der Waals surface area contributed by atoms with Gasteiger partial charge in [0.25, 0.3) is 0 Å².